The van der Waals surface area contributed by atoms with E-state index in [0.29, 0.717) is 18.4 Å². The van der Waals surface area contributed by atoms with Crippen molar-refractivity contribution in [2.45, 2.75) is 6.42 Å². The zero-order valence-electron chi connectivity index (χ0n) is 7.61. The highest BCUT2D eigenvalue weighted by atomic mass is 16.3. The first-order valence-corrected chi connectivity index (χ1v) is 4.68. The molecule has 0 aromatic heterocycles. The zero-order chi connectivity index (χ0) is 9.26. The minimum absolute atomic E-state index is 0.302. The van der Waals surface area contributed by atoms with Gasteiger partial charge in [0.2, 0.25) is 0 Å². The molecule has 2 rings (SSSR count). The van der Waals surface area contributed by atoms with Crippen LogP contribution in [0.4, 0.5) is 0 Å². The summed E-state index contributed by atoms with van der Waals surface area (Å²) in [6, 6.07) is 10.2. The molecule has 1 aliphatic rings. The van der Waals surface area contributed by atoms with Crippen molar-refractivity contribution in [1.29, 1.82) is 0 Å². The molecule has 68 valence electrons. The van der Waals surface area contributed by atoms with Crippen molar-refractivity contribution < 1.29 is 5.11 Å². The van der Waals surface area contributed by atoms with E-state index in [9.17, 15) is 0 Å². The van der Waals surface area contributed by atoms with Gasteiger partial charge in [-0.05, 0) is 29.4 Å². The molecule has 1 aliphatic carbocycles. The van der Waals surface area contributed by atoms with Gasteiger partial charge in [-0.3, -0.25) is 0 Å². The molecule has 0 radical (unpaired) electrons. The van der Waals surface area contributed by atoms with Crippen LogP contribution in [0, 0.1) is 11.8 Å². The topological polar surface area (TPSA) is 20.2 Å². The Hall–Kier alpha value is -1.08. The van der Waals surface area contributed by atoms with Crippen LogP contribution in [-0.4, -0.2) is 11.7 Å². The second kappa shape index (κ2) is 3.35. The van der Waals surface area contributed by atoms with Crippen LogP contribution in [0.1, 0.15) is 12.0 Å². The minimum Gasteiger partial charge on any atom is -0.396 e. The molecule has 1 fully saturated rings. The largest absolute Gasteiger partial charge is 0.396 e. The lowest BCUT2D eigenvalue weighted by atomic mass is 10.0. The first-order chi connectivity index (χ1) is 6.33. The van der Waals surface area contributed by atoms with Crippen molar-refractivity contribution in [3.05, 3.63) is 42.5 Å². The molecule has 0 spiro atoms. The fourth-order valence-electron chi connectivity index (χ4n) is 1.74. The first-order valence-electron chi connectivity index (χ1n) is 4.68. The Kier molecular flexibility index (Phi) is 2.19. The van der Waals surface area contributed by atoms with Crippen LogP contribution in [0.5, 0.6) is 0 Å². The predicted octanol–water partition coefficient (Wildman–Crippen LogP) is 2.33. The molecule has 1 aromatic carbocycles. The molecule has 0 saturated heterocycles. The summed E-state index contributed by atoms with van der Waals surface area (Å²) in [5.41, 5.74) is 2.39. The molecule has 1 aromatic rings. The summed E-state index contributed by atoms with van der Waals surface area (Å²) < 4.78 is 0. The van der Waals surface area contributed by atoms with Crippen LogP contribution in [0.25, 0.3) is 5.57 Å². The number of hydrogen-bond acceptors (Lipinski definition) is 1. The van der Waals surface area contributed by atoms with E-state index in [2.05, 4.69) is 18.7 Å². The smallest absolute Gasteiger partial charge is 0.0465 e. The van der Waals surface area contributed by atoms with Gasteiger partial charge in [-0.1, -0.05) is 36.9 Å². The third-order valence-corrected chi connectivity index (χ3v) is 2.75. The van der Waals surface area contributed by atoms with Crippen molar-refractivity contribution in [2.75, 3.05) is 6.61 Å². The third-order valence-electron chi connectivity index (χ3n) is 2.75. The van der Waals surface area contributed by atoms with Crippen molar-refractivity contribution in [2.24, 2.45) is 11.8 Å². The summed E-state index contributed by atoms with van der Waals surface area (Å²) in [5.74, 6) is 0.986. The normalized spacial score (nSPS) is 25.6. The Balaban J connectivity index is 2.07. The quantitative estimate of drug-likeness (QED) is 0.745. The molecule has 13 heavy (non-hydrogen) atoms. The Morgan fingerprint density at radius 2 is 2.08 bits per heavy atom. The van der Waals surface area contributed by atoms with Gasteiger partial charge in [0.25, 0.3) is 0 Å². The van der Waals surface area contributed by atoms with Crippen molar-refractivity contribution >= 4 is 5.57 Å². The molecular formula is C12H14O. The molecule has 1 nitrogen and oxygen atoms in total. The average molecular weight is 174 g/mol. The molecule has 2 unspecified atom stereocenters. The number of allylic oxidation sites excluding steroid dienone is 1. The Bertz CT molecular complexity index is 302. The second-order valence-corrected chi connectivity index (χ2v) is 3.68. The lowest BCUT2D eigenvalue weighted by molar-refractivity contribution is 0.273. The zero-order valence-corrected chi connectivity index (χ0v) is 7.61. The number of aliphatic hydroxyl groups excluding tert-OH is 1. The second-order valence-electron chi connectivity index (χ2n) is 3.68. The van der Waals surface area contributed by atoms with E-state index in [1.807, 2.05) is 18.2 Å². The Morgan fingerprint density at radius 3 is 2.62 bits per heavy atom. The van der Waals surface area contributed by atoms with Gasteiger partial charge in [-0.25, -0.2) is 0 Å². The number of benzene rings is 1. The third kappa shape index (κ3) is 1.65. The van der Waals surface area contributed by atoms with E-state index >= 15 is 0 Å². The van der Waals surface area contributed by atoms with Crippen LogP contribution in [-0.2, 0) is 0 Å². The summed E-state index contributed by atoms with van der Waals surface area (Å²) in [6.07, 6.45) is 1.10. The van der Waals surface area contributed by atoms with Gasteiger partial charge in [0.15, 0.2) is 0 Å². The van der Waals surface area contributed by atoms with Gasteiger partial charge >= 0.3 is 0 Å². The van der Waals surface area contributed by atoms with Crippen LogP contribution in [0.2, 0.25) is 0 Å². The number of rotatable bonds is 3. The van der Waals surface area contributed by atoms with E-state index in [1.165, 1.54) is 11.1 Å². The van der Waals surface area contributed by atoms with Gasteiger partial charge in [0.1, 0.15) is 0 Å². The highest BCUT2D eigenvalue weighted by Gasteiger charge is 2.38. The molecule has 2 atom stereocenters. The highest BCUT2D eigenvalue weighted by molar-refractivity contribution is 5.67. The maximum Gasteiger partial charge on any atom is 0.0465 e. The van der Waals surface area contributed by atoms with Crippen molar-refractivity contribution in [3.63, 3.8) is 0 Å². The summed E-state index contributed by atoms with van der Waals surface area (Å²) in [4.78, 5) is 0. The molecule has 1 N–H and O–H groups in total. The van der Waals surface area contributed by atoms with Crippen LogP contribution in [0.3, 0.4) is 0 Å². The van der Waals surface area contributed by atoms with Gasteiger partial charge < -0.3 is 5.11 Å². The molecule has 0 heterocycles. The fourth-order valence-corrected chi connectivity index (χ4v) is 1.74. The molecule has 1 heteroatoms. The predicted molar refractivity (Wildman–Crippen MR) is 54.2 cm³/mol. The standard InChI is InChI=1S/C12H14O/c1-9(12-7-11(12)8-13)10-5-3-2-4-6-10/h2-6,11-13H,1,7-8H2. The van der Waals surface area contributed by atoms with E-state index in [-0.39, 0.29) is 0 Å². The van der Waals surface area contributed by atoms with Gasteiger partial charge in [0, 0.05) is 6.61 Å². The summed E-state index contributed by atoms with van der Waals surface area (Å²) in [7, 11) is 0. The lowest BCUT2D eigenvalue weighted by Crippen LogP contribution is -1.91. The molecular weight excluding hydrogens is 160 g/mol. The van der Waals surface area contributed by atoms with E-state index in [4.69, 9.17) is 5.11 Å². The Morgan fingerprint density at radius 1 is 1.38 bits per heavy atom. The van der Waals surface area contributed by atoms with Gasteiger partial charge in [0.05, 0.1) is 0 Å². The maximum atomic E-state index is 8.93. The average Bonchev–Trinajstić information content (AvgIpc) is 2.97. The first kappa shape index (κ1) is 8.52. The summed E-state index contributed by atoms with van der Waals surface area (Å²) in [5, 5.41) is 8.93. The fraction of sp³-hybridized carbons (Fsp3) is 0.333. The number of hydrogen-bond donors (Lipinski definition) is 1. The summed E-state index contributed by atoms with van der Waals surface area (Å²) in [6.45, 7) is 4.38. The van der Waals surface area contributed by atoms with Crippen LogP contribution in [0.15, 0.2) is 36.9 Å². The summed E-state index contributed by atoms with van der Waals surface area (Å²) >= 11 is 0. The van der Waals surface area contributed by atoms with Crippen molar-refractivity contribution in [1.82, 2.24) is 0 Å². The molecule has 0 bridgehead atoms. The Labute approximate surface area is 78.7 Å². The van der Waals surface area contributed by atoms with E-state index < -0.39 is 0 Å². The van der Waals surface area contributed by atoms with Crippen LogP contribution < -0.4 is 0 Å². The lowest BCUT2D eigenvalue weighted by Gasteiger charge is -2.03. The van der Waals surface area contributed by atoms with E-state index in [1.54, 1.807) is 0 Å². The van der Waals surface area contributed by atoms with Gasteiger partial charge in [-0.15, -0.1) is 0 Å². The SMILES string of the molecule is C=C(c1ccccc1)C1CC1CO. The number of aliphatic hydroxyl groups is 1. The highest BCUT2D eigenvalue weighted by Crippen LogP contribution is 2.46. The van der Waals surface area contributed by atoms with E-state index in [0.717, 1.165) is 6.42 Å². The molecule has 1 saturated carbocycles. The molecule has 0 amide bonds. The monoisotopic (exact) mass is 174 g/mol. The van der Waals surface area contributed by atoms with Gasteiger partial charge in [-0.2, -0.15) is 0 Å². The van der Waals surface area contributed by atoms with Crippen molar-refractivity contribution in [3.8, 4) is 0 Å². The van der Waals surface area contributed by atoms with Crippen LogP contribution >= 0.6 is 0 Å². The maximum absolute atomic E-state index is 8.93. The molecule has 0 aliphatic heterocycles. The minimum atomic E-state index is 0.302.